The minimum atomic E-state index is -1.46. The summed E-state index contributed by atoms with van der Waals surface area (Å²) in [5.41, 5.74) is 1.52. The summed E-state index contributed by atoms with van der Waals surface area (Å²) in [7, 11) is 0. The van der Waals surface area contributed by atoms with Crippen molar-refractivity contribution < 1.29 is 24.5 Å². The Hall–Kier alpha value is -2.73. The van der Waals surface area contributed by atoms with Crippen LogP contribution in [0.4, 0.5) is 0 Å². The number of carboxylic acids is 1. The highest BCUT2D eigenvalue weighted by molar-refractivity contribution is 8.04. The number of benzene rings is 2. The van der Waals surface area contributed by atoms with Gasteiger partial charge in [0.05, 0.1) is 6.42 Å². The van der Waals surface area contributed by atoms with E-state index in [2.05, 4.69) is 32.0 Å². The second-order valence-corrected chi connectivity index (χ2v) is 11.4. The zero-order valence-electron chi connectivity index (χ0n) is 21.3. The van der Waals surface area contributed by atoms with Gasteiger partial charge in [-0.1, -0.05) is 94.3 Å². The van der Waals surface area contributed by atoms with Crippen molar-refractivity contribution in [1.82, 2.24) is 0 Å². The summed E-state index contributed by atoms with van der Waals surface area (Å²) in [4.78, 5) is 27.0. The number of ether oxygens (including phenoxy) is 1. The van der Waals surface area contributed by atoms with Crippen molar-refractivity contribution in [2.24, 2.45) is 5.92 Å². The third kappa shape index (κ3) is 5.19. The van der Waals surface area contributed by atoms with E-state index in [0.29, 0.717) is 30.2 Å². The molecule has 0 amide bonds. The Bertz CT molecular complexity index is 1130. The van der Waals surface area contributed by atoms with Gasteiger partial charge in [-0.15, -0.1) is 0 Å². The van der Waals surface area contributed by atoms with Crippen LogP contribution in [0.5, 0.6) is 0 Å². The largest absolute Gasteiger partial charge is 0.511 e. The lowest BCUT2D eigenvalue weighted by Crippen LogP contribution is -2.46. The van der Waals surface area contributed by atoms with Crippen LogP contribution in [0, 0.1) is 5.92 Å². The van der Waals surface area contributed by atoms with Crippen LogP contribution in [0.2, 0.25) is 0 Å². The number of aliphatic hydroxyl groups is 1. The number of rotatable bonds is 9. The third-order valence-electron chi connectivity index (χ3n) is 7.56. The number of thioether (sulfide) groups is 1. The number of aliphatic carboxylic acids is 1. The molecule has 0 bridgehead atoms. The van der Waals surface area contributed by atoms with Crippen molar-refractivity contribution in [2.75, 3.05) is 0 Å². The molecule has 2 atom stereocenters. The summed E-state index contributed by atoms with van der Waals surface area (Å²) >= 11 is 1.26. The number of carbonyl (C=O) groups excluding carboxylic acids is 1. The standard InChI is InChI=1S/C30H36O5S/c1-4-10-24(28(32)33)30(22-13-6-5-7-14-22)18-25(31)27(29(34)35-30)36-26-17-21(19(2)3)15-16-23(26)20-11-8-9-12-20/h5-7,13-17,19-20,24,31H,4,8-12,18H2,1-3H3,(H,32,33). The zero-order valence-corrected chi connectivity index (χ0v) is 22.1. The van der Waals surface area contributed by atoms with E-state index in [0.717, 1.165) is 17.7 Å². The first kappa shape index (κ1) is 26.3. The molecule has 192 valence electrons. The summed E-state index contributed by atoms with van der Waals surface area (Å²) < 4.78 is 6.08. The van der Waals surface area contributed by atoms with E-state index in [4.69, 9.17) is 4.74 Å². The first-order valence-corrected chi connectivity index (χ1v) is 13.8. The number of cyclic esters (lactones) is 1. The molecule has 4 rings (SSSR count). The third-order valence-corrected chi connectivity index (χ3v) is 8.74. The number of hydrogen-bond acceptors (Lipinski definition) is 5. The van der Waals surface area contributed by atoms with Crippen LogP contribution in [0.3, 0.4) is 0 Å². The van der Waals surface area contributed by atoms with Gasteiger partial charge in [0, 0.05) is 4.90 Å². The molecule has 2 N–H and O–H groups in total. The molecule has 5 nitrogen and oxygen atoms in total. The van der Waals surface area contributed by atoms with Crippen LogP contribution in [-0.4, -0.2) is 22.2 Å². The van der Waals surface area contributed by atoms with Crippen LogP contribution >= 0.6 is 11.8 Å². The monoisotopic (exact) mass is 508 g/mol. The van der Waals surface area contributed by atoms with Crippen molar-refractivity contribution in [3.8, 4) is 0 Å². The average molecular weight is 509 g/mol. The van der Waals surface area contributed by atoms with E-state index in [-0.39, 0.29) is 17.1 Å². The minimum Gasteiger partial charge on any atom is -0.511 e. The van der Waals surface area contributed by atoms with Gasteiger partial charge >= 0.3 is 11.9 Å². The van der Waals surface area contributed by atoms with Gasteiger partial charge in [0.1, 0.15) is 16.6 Å². The summed E-state index contributed by atoms with van der Waals surface area (Å²) in [6.45, 7) is 6.18. The average Bonchev–Trinajstić information content (AvgIpc) is 3.39. The van der Waals surface area contributed by atoms with E-state index in [1.807, 2.05) is 13.0 Å². The SMILES string of the molecule is CCCC(C(=O)O)C1(c2ccccc2)CC(O)=C(Sc2cc(C(C)C)ccc2C2CCCC2)C(=O)O1. The molecular weight excluding hydrogens is 472 g/mol. The molecule has 0 spiro atoms. The predicted octanol–water partition coefficient (Wildman–Crippen LogP) is 7.67. The van der Waals surface area contributed by atoms with Gasteiger partial charge in [0.2, 0.25) is 0 Å². The molecule has 1 aliphatic heterocycles. The predicted molar refractivity (Wildman–Crippen MR) is 142 cm³/mol. The molecule has 6 heteroatoms. The van der Waals surface area contributed by atoms with Crippen LogP contribution in [-0.2, 0) is 19.9 Å². The van der Waals surface area contributed by atoms with Crippen LogP contribution in [0.1, 0.15) is 94.2 Å². The summed E-state index contributed by atoms with van der Waals surface area (Å²) in [5.74, 6) is -2.00. The fourth-order valence-electron chi connectivity index (χ4n) is 5.60. The van der Waals surface area contributed by atoms with E-state index in [9.17, 15) is 19.8 Å². The topological polar surface area (TPSA) is 83.8 Å². The van der Waals surface area contributed by atoms with Gasteiger partial charge < -0.3 is 14.9 Å². The molecular formula is C30H36O5S. The Morgan fingerprint density at radius 2 is 1.83 bits per heavy atom. The number of aliphatic hydroxyl groups excluding tert-OH is 1. The molecule has 0 radical (unpaired) electrons. The first-order chi connectivity index (χ1) is 17.3. The van der Waals surface area contributed by atoms with E-state index < -0.39 is 23.5 Å². The molecule has 1 fully saturated rings. The van der Waals surface area contributed by atoms with E-state index >= 15 is 0 Å². The molecule has 0 saturated heterocycles. The van der Waals surface area contributed by atoms with Crippen LogP contribution in [0.15, 0.2) is 64.1 Å². The van der Waals surface area contributed by atoms with E-state index in [1.54, 1.807) is 24.3 Å². The Balaban J connectivity index is 1.76. The Labute approximate surface area is 218 Å². The number of esters is 1. The quantitative estimate of drug-likeness (QED) is 0.338. The van der Waals surface area contributed by atoms with Crippen molar-refractivity contribution >= 4 is 23.7 Å². The molecule has 1 aliphatic carbocycles. The van der Waals surface area contributed by atoms with Gasteiger partial charge in [-0.25, -0.2) is 4.79 Å². The second-order valence-electron chi connectivity index (χ2n) is 10.3. The van der Waals surface area contributed by atoms with Crippen molar-refractivity contribution in [1.29, 1.82) is 0 Å². The molecule has 36 heavy (non-hydrogen) atoms. The van der Waals surface area contributed by atoms with Gasteiger partial charge in [-0.2, -0.15) is 0 Å². The van der Waals surface area contributed by atoms with Gasteiger partial charge in [-0.05, 0) is 53.9 Å². The number of carboxylic acid groups (broad SMARTS) is 1. The van der Waals surface area contributed by atoms with E-state index in [1.165, 1.54) is 35.7 Å². The van der Waals surface area contributed by atoms with Crippen LogP contribution < -0.4 is 0 Å². The maximum absolute atomic E-state index is 13.5. The first-order valence-electron chi connectivity index (χ1n) is 13.0. The van der Waals surface area contributed by atoms with Gasteiger partial charge in [0.25, 0.3) is 0 Å². The molecule has 2 aromatic carbocycles. The zero-order chi connectivity index (χ0) is 25.9. The van der Waals surface area contributed by atoms with Crippen molar-refractivity contribution in [2.45, 2.75) is 88.0 Å². The molecule has 2 aromatic rings. The highest BCUT2D eigenvalue weighted by atomic mass is 32.2. The highest BCUT2D eigenvalue weighted by Gasteiger charge is 2.52. The lowest BCUT2D eigenvalue weighted by Gasteiger charge is -2.41. The maximum Gasteiger partial charge on any atom is 0.349 e. The molecule has 1 heterocycles. The van der Waals surface area contributed by atoms with Crippen LogP contribution in [0.25, 0.3) is 0 Å². The summed E-state index contributed by atoms with van der Waals surface area (Å²) in [5, 5.41) is 21.4. The molecule has 2 aliphatic rings. The minimum absolute atomic E-state index is 0.0648. The molecule has 1 saturated carbocycles. The summed E-state index contributed by atoms with van der Waals surface area (Å²) in [6, 6.07) is 15.4. The Morgan fingerprint density at radius 3 is 2.42 bits per heavy atom. The highest BCUT2D eigenvalue weighted by Crippen LogP contribution is 2.49. The molecule has 0 aromatic heterocycles. The maximum atomic E-state index is 13.5. The number of carbonyl (C=O) groups is 2. The van der Waals surface area contributed by atoms with Crippen molar-refractivity contribution in [3.05, 3.63) is 75.9 Å². The Morgan fingerprint density at radius 1 is 1.14 bits per heavy atom. The van der Waals surface area contributed by atoms with Gasteiger partial charge in [0.15, 0.2) is 5.60 Å². The number of hydrogen-bond donors (Lipinski definition) is 2. The second kappa shape index (κ2) is 11.1. The lowest BCUT2D eigenvalue weighted by molar-refractivity contribution is -0.176. The van der Waals surface area contributed by atoms with Crippen molar-refractivity contribution in [3.63, 3.8) is 0 Å². The summed E-state index contributed by atoms with van der Waals surface area (Å²) in [6.07, 6.45) is 5.52. The fraction of sp³-hybridized carbons (Fsp3) is 0.467. The Kier molecular flexibility index (Phi) is 8.13. The fourth-order valence-corrected chi connectivity index (χ4v) is 6.68. The smallest absolute Gasteiger partial charge is 0.349 e. The van der Waals surface area contributed by atoms with Gasteiger partial charge in [-0.3, -0.25) is 4.79 Å². The lowest BCUT2D eigenvalue weighted by atomic mass is 9.75. The normalized spacial score (nSPS) is 21.6. The molecule has 2 unspecified atom stereocenters.